The van der Waals surface area contributed by atoms with Crippen molar-refractivity contribution in [2.45, 2.75) is 18.7 Å². The van der Waals surface area contributed by atoms with Crippen molar-refractivity contribution in [2.24, 2.45) is 0 Å². The first kappa shape index (κ1) is 11.7. The molecule has 12 heavy (non-hydrogen) atoms. The highest BCUT2D eigenvalue weighted by Gasteiger charge is 2.40. The summed E-state index contributed by atoms with van der Waals surface area (Å²) in [6, 6.07) is 0. The lowest BCUT2D eigenvalue weighted by Gasteiger charge is -2.15. The molecule has 1 aliphatic heterocycles. The molecule has 1 atom stereocenters. The van der Waals surface area contributed by atoms with E-state index in [-0.39, 0.29) is 12.4 Å². The number of hydrogen-bond donors (Lipinski definition) is 2. The number of hydrogen-bond acceptors (Lipinski definition) is 4. The van der Waals surface area contributed by atoms with Crippen molar-refractivity contribution in [3.8, 4) is 0 Å². The first-order chi connectivity index (χ1) is 4.85. The molecular formula is C5H10ClNO4S. The summed E-state index contributed by atoms with van der Waals surface area (Å²) in [5.74, 6) is 0.421. The van der Waals surface area contributed by atoms with E-state index in [1.165, 1.54) is 13.0 Å². The molecule has 1 aliphatic rings. The summed E-state index contributed by atoms with van der Waals surface area (Å²) in [5, 5.41) is 0. The molecule has 0 bridgehead atoms. The van der Waals surface area contributed by atoms with Crippen LogP contribution in [0.1, 0.15) is 13.8 Å². The standard InChI is InChI=1S/C5H9NO4S.ClH/c1-4-3-5(2,6-10-4)11(7,8)9;/h3,6H,1-2H3,(H,7,8,9);1H. The van der Waals surface area contributed by atoms with Crippen molar-refractivity contribution in [1.82, 2.24) is 5.48 Å². The Morgan fingerprint density at radius 3 is 2.33 bits per heavy atom. The van der Waals surface area contributed by atoms with Crippen molar-refractivity contribution < 1.29 is 17.8 Å². The van der Waals surface area contributed by atoms with E-state index in [9.17, 15) is 8.42 Å². The van der Waals surface area contributed by atoms with Crippen LogP contribution in [0.15, 0.2) is 11.8 Å². The molecule has 0 aliphatic carbocycles. The van der Waals surface area contributed by atoms with Crippen molar-refractivity contribution in [3.05, 3.63) is 11.8 Å². The van der Waals surface area contributed by atoms with Gasteiger partial charge in [0.1, 0.15) is 5.76 Å². The van der Waals surface area contributed by atoms with Crippen LogP contribution >= 0.6 is 12.4 Å². The van der Waals surface area contributed by atoms with Crippen LogP contribution < -0.4 is 5.48 Å². The molecule has 1 rings (SSSR count). The molecule has 1 heterocycles. The number of halogens is 1. The minimum Gasteiger partial charge on any atom is -0.412 e. The van der Waals surface area contributed by atoms with E-state index in [4.69, 9.17) is 4.55 Å². The van der Waals surface area contributed by atoms with Gasteiger partial charge in [-0.3, -0.25) is 4.55 Å². The van der Waals surface area contributed by atoms with Crippen LogP contribution in [-0.2, 0) is 15.0 Å². The van der Waals surface area contributed by atoms with E-state index in [1.54, 1.807) is 6.92 Å². The van der Waals surface area contributed by atoms with Crippen LogP contribution in [0.5, 0.6) is 0 Å². The summed E-state index contributed by atoms with van der Waals surface area (Å²) in [6.07, 6.45) is 1.29. The molecule has 0 saturated heterocycles. The average molecular weight is 216 g/mol. The van der Waals surface area contributed by atoms with Gasteiger partial charge in [-0.05, 0) is 19.9 Å². The molecule has 0 amide bonds. The topological polar surface area (TPSA) is 75.6 Å². The van der Waals surface area contributed by atoms with E-state index in [0.717, 1.165) is 0 Å². The summed E-state index contributed by atoms with van der Waals surface area (Å²) in [4.78, 5) is 3.16. The molecule has 72 valence electrons. The lowest BCUT2D eigenvalue weighted by molar-refractivity contribution is 0.107. The van der Waals surface area contributed by atoms with Crippen LogP contribution in [0, 0.1) is 0 Å². The van der Waals surface area contributed by atoms with Crippen LogP contribution in [-0.4, -0.2) is 17.8 Å². The molecular weight excluding hydrogens is 206 g/mol. The molecule has 2 N–H and O–H groups in total. The third-order valence-corrected chi connectivity index (χ3v) is 2.70. The third-order valence-electron chi connectivity index (χ3n) is 1.43. The molecule has 0 aromatic carbocycles. The fourth-order valence-electron chi connectivity index (χ4n) is 0.756. The van der Waals surface area contributed by atoms with Crippen molar-refractivity contribution in [3.63, 3.8) is 0 Å². The Morgan fingerprint density at radius 2 is 2.17 bits per heavy atom. The number of allylic oxidation sites excluding steroid dienone is 1. The van der Waals surface area contributed by atoms with Gasteiger partial charge in [0, 0.05) is 0 Å². The molecule has 0 aromatic rings. The molecule has 5 nitrogen and oxygen atoms in total. The van der Waals surface area contributed by atoms with Gasteiger partial charge in [-0.25, -0.2) is 0 Å². The highest BCUT2D eigenvalue weighted by atomic mass is 35.5. The zero-order valence-electron chi connectivity index (χ0n) is 6.57. The molecule has 0 saturated carbocycles. The quantitative estimate of drug-likeness (QED) is 0.622. The molecule has 0 fully saturated rings. The predicted molar refractivity (Wildman–Crippen MR) is 45.2 cm³/mol. The van der Waals surface area contributed by atoms with Gasteiger partial charge in [0.15, 0.2) is 4.87 Å². The van der Waals surface area contributed by atoms with E-state index < -0.39 is 15.0 Å². The Hall–Kier alpha value is -0.300. The van der Waals surface area contributed by atoms with Gasteiger partial charge < -0.3 is 4.84 Å². The van der Waals surface area contributed by atoms with Crippen LogP contribution in [0.3, 0.4) is 0 Å². The highest BCUT2D eigenvalue weighted by molar-refractivity contribution is 7.87. The monoisotopic (exact) mass is 215 g/mol. The Morgan fingerprint density at radius 1 is 1.67 bits per heavy atom. The Balaban J connectivity index is 0.00000121. The molecule has 0 radical (unpaired) electrons. The number of hydroxylamine groups is 1. The average Bonchev–Trinajstić information content (AvgIpc) is 2.10. The second kappa shape index (κ2) is 3.21. The summed E-state index contributed by atoms with van der Waals surface area (Å²) >= 11 is 0. The second-order valence-corrected chi connectivity index (χ2v) is 4.34. The van der Waals surface area contributed by atoms with Crippen LogP contribution in [0.25, 0.3) is 0 Å². The number of rotatable bonds is 1. The van der Waals surface area contributed by atoms with Gasteiger partial charge in [0.05, 0.1) is 0 Å². The van der Waals surface area contributed by atoms with Gasteiger partial charge in [-0.2, -0.15) is 8.42 Å². The third kappa shape index (κ3) is 1.89. The molecule has 0 spiro atoms. The maximum atomic E-state index is 10.7. The van der Waals surface area contributed by atoms with Gasteiger partial charge in [-0.1, -0.05) is 0 Å². The summed E-state index contributed by atoms with van der Waals surface area (Å²) in [7, 11) is -4.15. The zero-order valence-corrected chi connectivity index (χ0v) is 8.20. The maximum absolute atomic E-state index is 10.7. The largest absolute Gasteiger partial charge is 0.412 e. The minimum atomic E-state index is -4.15. The SMILES string of the molecule is CC1=CC(C)(S(=O)(=O)O)NO1.Cl. The first-order valence-electron chi connectivity index (χ1n) is 2.96. The van der Waals surface area contributed by atoms with E-state index in [0.29, 0.717) is 5.76 Å². The van der Waals surface area contributed by atoms with Crippen molar-refractivity contribution in [2.75, 3.05) is 0 Å². The van der Waals surface area contributed by atoms with E-state index >= 15 is 0 Å². The van der Waals surface area contributed by atoms with Crippen LogP contribution in [0.4, 0.5) is 0 Å². The Bertz CT molecular complexity index is 299. The van der Waals surface area contributed by atoms with Gasteiger partial charge >= 0.3 is 0 Å². The van der Waals surface area contributed by atoms with E-state index in [1.807, 2.05) is 0 Å². The maximum Gasteiger partial charge on any atom is 0.290 e. The normalized spacial score (nSPS) is 28.8. The van der Waals surface area contributed by atoms with Crippen LogP contribution in [0.2, 0.25) is 0 Å². The highest BCUT2D eigenvalue weighted by Crippen LogP contribution is 2.22. The molecule has 1 unspecified atom stereocenters. The van der Waals surface area contributed by atoms with Gasteiger partial charge in [0.2, 0.25) is 0 Å². The summed E-state index contributed by atoms with van der Waals surface area (Å²) in [6.45, 7) is 2.89. The van der Waals surface area contributed by atoms with Crippen molar-refractivity contribution >= 4 is 22.5 Å². The zero-order chi connectivity index (χ0) is 8.70. The predicted octanol–water partition coefficient (Wildman–Crippen LogP) is 0.451. The fourth-order valence-corrected chi connectivity index (χ4v) is 1.22. The minimum absolute atomic E-state index is 0. The molecule has 0 aromatic heterocycles. The molecule has 7 heteroatoms. The first-order valence-corrected chi connectivity index (χ1v) is 4.40. The summed E-state index contributed by atoms with van der Waals surface area (Å²) < 4.78 is 30.0. The fraction of sp³-hybridized carbons (Fsp3) is 0.600. The summed E-state index contributed by atoms with van der Waals surface area (Å²) in [5.41, 5.74) is 2.19. The van der Waals surface area contributed by atoms with Crippen molar-refractivity contribution in [1.29, 1.82) is 0 Å². The lowest BCUT2D eigenvalue weighted by atomic mass is 10.3. The smallest absolute Gasteiger partial charge is 0.290 e. The van der Waals surface area contributed by atoms with Gasteiger partial charge in [-0.15, -0.1) is 17.9 Å². The van der Waals surface area contributed by atoms with E-state index in [2.05, 4.69) is 10.3 Å². The lowest BCUT2D eigenvalue weighted by Crippen LogP contribution is -2.43. The van der Waals surface area contributed by atoms with Gasteiger partial charge in [0.25, 0.3) is 10.1 Å². The Kier molecular flexibility index (Phi) is 3.13. The second-order valence-electron chi connectivity index (χ2n) is 2.54. The number of nitrogens with one attached hydrogen (secondary N) is 1. The Labute approximate surface area is 76.9 Å².